The van der Waals surface area contributed by atoms with Crippen molar-refractivity contribution >= 4 is 28.3 Å². The van der Waals surface area contributed by atoms with Gasteiger partial charge in [0.15, 0.2) is 0 Å². The maximum Gasteiger partial charge on any atom is 0.202 e. The highest BCUT2D eigenvalue weighted by Gasteiger charge is 2.16. The fourth-order valence-electron chi connectivity index (χ4n) is 1.01. The number of hydrogen-bond acceptors (Lipinski definition) is 4. The molecule has 5 heteroatoms. The Kier molecular flexibility index (Phi) is 4.80. The average molecular weight is 248 g/mol. The van der Waals surface area contributed by atoms with E-state index in [-0.39, 0.29) is 5.41 Å². The average Bonchev–Trinajstić information content (AvgIpc) is 2.64. The summed E-state index contributed by atoms with van der Waals surface area (Å²) < 4.78 is 4.27. The van der Waals surface area contributed by atoms with Gasteiger partial charge in [0.2, 0.25) is 5.13 Å². The highest BCUT2D eigenvalue weighted by Crippen LogP contribution is 2.19. The minimum atomic E-state index is 0.0954. The summed E-state index contributed by atoms with van der Waals surface area (Å²) in [5.41, 5.74) is 0.0954. The van der Waals surface area contributed by atoms with Gasteiger partial charge in [-0.05, 0) is 11.8 Å². The van der Waals surface area contributed by atoms with E-state index >= 15 is 0 Å². The van der Waals surface area contributed by atoms with Crippen LogP contribution in [0.15, 0.2) is 0 Å². The van der Waals surface area contributed by atoms with Crippen LogP contribution in [0.1, 0.15) is 33.0 Å². The molecule has 0 amide bonds. The first-order valence-corrected chi connectivity index (χ1v) is 6.50. The Balaban J connectivity index is 2.44. The van der Waals surface area contributed by atoms with E-state index in [0.717, 1.165) is 30.3 Å². The van der Waals surface area contributed by atoms with Crippen LogP contribution in [0.2, 0.25) is 0 Å². The Bertz CT molecular complexity index is 299. The molecule has 3 nitrogen and oxygen atoms in total. The largest absolute Gasteiger partial charge is 0.360 e. The Morgan fingerprint density at radius 3 is 2.80 bits per heavy atom. The second-order valence-electron chi connectivity index (χ2n) is 4.42. The van der Waals surface area contributed by atoms with Crippen molar-refractivity contribution in [3.05, 3.63) is 5.82 Å². The zero-order valence-corrected chi connectivity index (χ0v) is 11.1. The van der Waals surface area contributed by atoms with Gasteiger partial charge < -0.3 is 5.32 Å². The van der Waals surface area contributed by atoms with Crippen LogP contribution in [0.4, 0.5) is 5.13 Å². The molecule has 1 N–H and O–H groups in total. The van der Waals surface area contributed by atoms with E-state index in [4.69, 9.17) is 11.6 Å². The molecule has 1 rings (SSSR count). The van der Waals surface area contributed by atoms with Gasteiger partial charge in [0.1, 0.15) is 5.82 Å². The first kappa shape index (κ1) is 12.7. The molecule has 0 fully saturated rings. The number of aromatic nitrogens is 2. The first-order chi connectivity index (χ1) is 7.07. The zero-order chi connectivity index (χ0) is 11.3. The summed E-state index contributed by atoms with van der Waals surface area (Å²) in [6.07, 6.45) is 2.04. The van der Waals surface area contributed by atoms with Crippen molar-refractivity contribution in [2.75, 3.05) is 17.7 Å². The maximum atomic E-state index is 5.84. The van der Waals surface area contributed by atoms with Gasteiger partial charge in [-0.2, -0.15) is 4.37 Å². The molecule has 0 aliphatic carbocycles. The first-order valence-electron chi connectivity index (χ1n) is 5.20. The second-order valence-corrected chi connectivity index (χ2v) is 5.44. The van der Waals surface area contributed by atoms with Gasteiger partial charge in [0.05, 0.1) is 0 Å². The summed E-state index contributed by atoms with van der Waals surface area (Å²) in [6, 6.07) is 0. The predicted molar refractivity (Wildman–Crippen MR) is 66.9 cm³/mol. The van der Waals surface area contributed by atoms with Crippen LogP contribution in [0.25, 0.3) is 0 Å². The van der Waals surface area contributed by atoms with Gasteiger partial charge >= 0.3 is 0 Å². The lowest BCUT2D eigenvalue weighted by Gasteiger charge is -2.20. The van der Waals surface area contributed by atoms with E-state index in [1.807, 2.05) is 0 Å². The van der Waals surface area contributed by atoms with Crippen LogP contribution < -0.4 is 5.32 Å². The second kappa shape index (κ2) is 5.66. The monoisotopic (exact) mass is 247 g/mol. The Labute approximate surface area is 100 Å². The van der Waals surface area contributed by atoms with Gasteiger partial charge in [-0.15, -0.1) is 11.6 Å². The Morgan fingerprint density at radius 1 is 1.47 bits per heavy atom. The lowest BCUT2D eigenvalue weighted by Crippen LogP contribution is -2.24. The third-order valence-electron chi connectivity index (χ3n) is 2.02. The van der Waals surface area contributed by atoms with Crippen LogP contribution in [-0.4, -0.2) is 21.8 Å². The van der Waals surface area contributed by atoms with Crippen LogP contribution in [0, 0.1) is 5.41 Å². The number of nitrogens with one attached hydrogen (secondary N) is 1. The number of nitrogens with zero attached hydrogens (tertiary/aromatic N) is 2. The molecule has 0 unspecified atom stereocenters. The van der Waals surface area contributed by atoms with Crippen molar-refractivity contribution in [1.29, 1.82) is 0 Å². The molecule has 0 spiro atoms. The number of hydrogen-bond donors (Lipinski definition) is 1. The maximum absolute atomic E-state index is 5.84. The van der Waals surface area contributed by atoms with E-state index in [1.165, 1.54) is 11.5 Å². The summed E-state index contributed by atoms with van der Waals surface area (Å²) in [6.45, 7) is 7.21. The molecule has 0 bridgehead atoms. The normalized spacial score (nSPS) is 11.7. The van der Waals surface area contributed by atoms with Crippen molar-refractivity contribution in [3.8, 4) is 0 Å². The molecule has 0 radical (unpaired) electrons. The van der Waals surface area contributed by atoms with Gasteiger partial charge in [0.25, 0.3) is 0 Å². The lowest BCUT2D eigenvalue weighted by molar-refractivity contribution is 0.450. The van der Waals surface area contributed by atoms with E-state index in [9.17, 15) is 0 Å². The lowest BCUT2D eigenvalue weighted by atomic mass is 9.97. The molecule has 0 aromatic carbocycles. The molecule has 0 atom stereocenters. The molecule has 1 aromatic rings. The van der Waals surface area contributed by atoms with Gasteiger partial charge in [-0.25, -0.2) is 4.98 Å². The standard InChI is InChI=1S/C10H18ClN3S/c1-4-5-8-13-9(15-14-8)12-7-10(2,3)6-11/h4-7H2,1-3H3,(H,12,13,14). The van der Waals surface area contributed by atoms with Crippen LogP contribution >= 0.6 is 23.1 Å². The van der Waals surface area contributed by atoms with Crippen molar-refractivity contribution in [2.24, 2.45) is 5.41 Å². The number of halogens is 1. The summed E-state index contributed by atoms with van der Waals surface area (Å²) >= 11 is 7.27. The molecule has 1 aromatic heterocycles. The van der Waals surface area contributed by atoms with Gasteiger partial charge in [0, 0.05) is 30.4 Å². The third kappa shape index (κ3) is 4.34. The minimum Gasteiger partial charge on any atom is -0.360 e. The summed E-state index contributed by atoms with van der Waals surface area (Å²) in [5, 5.41) is 4.17. The van der Waals surface area contributed by atoms with Crippen LogP contribution in [0.5, 0.6) is 0 Å². The number of aryl methyl sites for hydroxylation is 1. The molecule has 15 heavy (non-hydrogen) atoms. The summed E-state index contributed by atoms with van der Waals surface area (Å²) in [7, 11) is 0. The molecule has 0 aliphatic rings. The van der Waals surface area contributed by atoms with Crippen LogP contribution in [-0.2, 0) is 6.42 Å². The highest BCUT2D eigenvalue weighted by atomic mass is 35.5. The van der Waals surface area contributed by atoms with E-state index in [0.29, 0.717) is 5.88 Å². The third-order valence-corrected chi connectivity index (χ3v) is 3.46. The minimum absolute atomic E-state index is 0.0954. The Morgan fingerprint density at radius 2 is 2.20 bits per heavy atom. The molecular formula is C10H18ClN3S. The highest BCUT2D eigenvalue weighted by molar-refractivity contribution is 7.09. The Hall–Kier alpha value is -0.350. The fourth-order valence-corrected chi connectivity index (χ4v) is 1.71. The SMILES string of the molecule is CCCc1nsc(NCC(C)(C)CCl)n1. The molecule has 0 saturated heterocycles. The van der Waals surface area contributed by atoms with Crippen molar-refractivity contribution in [1.82, 2.24) is 9.36 Å². The fraction of sp³-hybridized carbons (Fsp3) is 0.800. The quantitative estimate of drug-likeness (QED) is 0.785. The van der Waals surface area contributed by atoms with Gasteiger partial charge in [-0.1, -0.05) is 20.8 Å². The topological polar surface area (TPSA) is 37.8 Å². The van der Waals surface area contributed by atoms with Crippen LogP contribution in [0.3, 0.4) is 0 Å². The van der Waals surface area contributed by atoms with Crippen molar-refractivity contribution in [2.45, 2.75) is 33.6 Å². The molecule has 1 heterocycles. The number of anilines is 1. The molecule has 86 valence electrons. The van der Waals surface area contributed by atoms with Crippen molar-refractivity contribution in [3.63, 3.8) is 0 Å². The molecular weight excluding hydrogens is 230 g/mol. The summed E-state index contributed by atoms with van der Waals surface area (Å²) in [4.78, 5) is 4.39. The zero-order valence-electron chi connectivity index (χ0n) is 9.51. The molecule has 0 saturated carbocycles. The van der Waals surface area contributed by atoms with E-state index in [2.05, 4.69) is 35.4 Å². The van der Waals surface area contributed by atoms with Gasteiger partial charge in [-0.3, -0.25) is 0 Å². The smallest absolute Gasteiger partial charge is 0.202 e. The van der Waals surface area contributed by atoms with E-state index < -0.39 is 0 Å². The number of rotatable bonds is 6. The van der Waals surface area contributed by atoms with Crippen molar-refractivity contribution < 1.29 is 0 Å². The molecule has 0 aliphatic heterocycles. The van der Waals surface area contributed by atoms with E-state index in [1.54, 1.807) is 0 Å². The summed E-state index contributed by atoms with van der Waals surface area (Å²) in [5.74, 6) is 1.58. The predicted octanol–water partition coefficient (Wildman–Crippen LogP) is 3.17. The number of alkyl halides is 1.